The van der Waals surface area contributed by atoms with Gasteiger partial charge in [0.15, 0.2) is 5.82 Å². The van der Waals surface area contributed by atoms with Crippen LogP contribution >= 0.6 is 0 Å². The van der Waals surface area contributed by atoms with Gasteiger partial charge < -0.3 is 10.8 Å². The quantitative estimate of drug-likeness (QED) is 0.768. The van der Waals surface area contributed by atoms with Crippen LogP contribution in [0.5, 0.6) is 5.75 Å². The first-order valence-electron chi connectivity index (χ1n) is 6.02. The fourth-order valence-electron chi connectivity index (χ4n) is 1.69. The van der Waals surface area contributed by atoms with E-state index in [4.69, 9.17) is 5.73 Å². The zero-order valence-corrected chi connectivity index (χ0v) is 10.6. The molecule has 0 saturated carbocycles. The lowest BCUT2D eigenvalue weighted by Crippen LogP contribution is -2.15. The number of aromatic hydroxyl groups is 1. The van der Waals surface area contributed by atoms with Gasteiger partial charge in [-0.3, -0.25) is 5.10 Å². The molecule has 2 rings (SSSR count). The molecule has 0 saturated heterocycles. The number of phenolic OH excluding ortho intramolecular Hbond substituents is 1. The lowest BCUT2D eigenvalue weighted by Gasteiger charge is -2.08. The first-order chi connectivity index (χ1) is 8.56. The molecular formula is C13H18N4O. The van der Waals surface area contributed by atoms with Gasteiger partial charge in [-0.25, -0.2) is 4.98 Å². The van der Waals surface area contributed by atoms with Crippen LogP contribution in [0.3, 0.4) is 0 Å². The third-order valence-electron chi connectivity index (χ3n) is 2.78. The van der Waals surface area contributed by atoms with Crippen molar-refractivity contribution in [3.63, 3.8) is 0 Å². The number of rotatable bonds is 4. The van der Waals surface area contributed by atoms with Gasteiger partial charge in [-0.1, -0.05) is 26.0 Å². The van der Waals surface area contributed by atoms with Gasteiger partial charge in [0.2, 0.25) is 0 Å². The Kier molecular flexibility index (Phi) is 3.62. The Morgan fingerprint density at radius 3 is 2.50 bits per heavy atom. The zero-order chi connectivity index (χ0) is 13.1. The third-order valence-corrected chi connectivity index (χ3v) is 2.78. The molecule has 0 fully saturated rings. The monoisotopic (exact) mass is 246 g/mol. The molecule has 0 radical (unpaired) electrons. The van der Waals surface area contributed by atoms with Crippen molar-refractivity contribution in [1.29, 1.82) is 0 Å². The van der Waals surface area contributed by atoms with Gasteiger partial charge in [-0.15, -0.1) is 0 Å². The number of phenols is 1. The highest BCUT2D eigenvalue weighted by Crippen LogP contribution is 2.17. The summed E-state index contributed by atoms with van der Waals surface area (Å²) < 4.78 is 0. The zero-order valence-electron chi connectivity index (χ0n) is 10.6. The molecule has 1 aromatic heterocycles. The molecule has 96 valence electrons. The molecule has 2 aromatic rings. The summed E-state index contributed by atoms with van der Waals surface area (Å²) in [6, 6.07) is 6.81. The van der Waals surface area contributed by atoms with E-state index in [2.05, 4.69) is 15.2 Å². The lowest BCUT2D eigenvalue weighted by atomic mass is 10.1. The van der Waals surface area contributed by atoms with E-state index < -0.39 is 0 Å². The molecule has 0 aliphatic rings. The Morgan fingerprint density at radius 2 is 1.94 bits per heavy atom. The van der Waals surface area contributed by atoms with Crippen LogP contribution in [-0.2, 0) is 6.42 Å². The summed E-state index contributed by atoms with van der Waals surface area (Å²) in [5, 5.41) is 16.2. The van der Waals surface area contributed by atoms with Crippen LogP contribution < -0.4 is 5.73 Å². The molecule has 1 aromatic carbocycles. The summed E-state index contributed by atoms with van der Waals surface area (Å²) in [7, 11) is 0. The van der Waals surface area contributed by atoms with Crippen LogP contribution in [0.4, 0.5) is 0 Å². The molecule has 5 nitrogen and oxygen atoms in total. The molecule has 0 amide bonds. The summed E-state index contributed by atoms with van der Waals surface area (Å²) in [5.41, 5.74) is 7.14. The van der Waals surface area contributed by atoms with E-state index in [1.807, 2.05) is 26.0 Å². The summed E-state index contributed by atoms with van der Waals surface area (Å²) in [6.45, 7) is 4.08. The first-order valence-corrected chi connectivity index (χ1v) is 6.02. The van der Waals surface area contributed by atoms with Crippen molar-refractivity contribution >= 4 is 0 Å². The fourth-order valence-corrected chi connectivity index (χ4v) is 1.69. The molecule has 1 heterocycles. The van der Waals surface area contributed by atoms with Crippen molar-refractivity contribution in [2.45, 2.75) is 32.2 Å². The second kappa shape index (κ2) is 5.18. The Hall–Kier alpha value is -1.88. The van der Waals surface area contributed by atoms with Crippen LogP contribution in [0, 0.1) is 0 Å². The minimum absolute atomic E-state index is 0.213. The van der Waals surface area contributed by atoms with E-state index >= 15 is 0 Å². The highest BCUT2D eigenvalue weighted by atomic mass is 16.3. The number of hydrogen-bond donors (Lipinski definition) is 3. The molecule has 0 aliphatic heterocycles. The number of aromatic nitrogens is 3. The summed E-state index contributed by atoms with van der Waals surface area (Å²) in [4.78, 5) is 4.38. The second-order valence-corrected chi connectivity index (χ2v) is 4.71. The predicted octanol–water partition coefficient (Wildman–Crippen LogP) is 1.88. The first kappa shape index (κ1) is 12.6. The summed E-state index contributed by atoms with van der Waals surface area (Å²) in [5.74, 6) is 2.03. The Bertz CT molecular complexity index is 504. The molecule has 5 heteroatoms. The number of benzene rings is 1. The van der Waals surface area contributed by atoms with Gasteiger partial charge in [0.05, 0.1) is 6.04 Å². The van der Waals surface area contributed by atoms with Crippen molar-refractivity contribution < 1.29 is 5.11 Å². The minimum Gasteiger partial charge on any atom is -0.508 e. The number of hydrogen-bond acceptors (Lipinski definition) is 4. The van der Waals surface area contributed by atoms with Gasteiger partial charge in [0.25, 0.3) is 0 Å². The average Bonchev–Trinajstić information content (AvgIpc) is 2.81. The molecule has 0 bridgehead atoms. The Balaban J connectivity index is 2.06. The highest BCUT2D eigenvalue weighted by Gasteiger charge is 2.13. The van der Waals surface area contributed by atoms with Crippen molar-refractivity contribution in [2.24, 2.45) is 5.73 Å². The summed E-state index contributed by atoms with van der Waals surface area (Å²) >= 11 is 0. The van der Waals surface area contributed by atoms with Gasteiger partial charge in [0, 0.05) is 5.92 Å². The number of aromatic amines is 1. The normalized spacial score (nSPS) is 12.9. The molecular weight excluding hydrogens is 228 g/mol. The van der Waals surface area contributed by atoms with Crippen LogP contribution in [-0.4, -0.2) is 20.3 Å². The molecule has 18 heavy (non-hydrogen) atoms. The van der Waals surface area contributed by atoms with E-state index in [-0.39, 0.29) is 17.7 Å². The SMILES string of the molecule is CC(C)c1n[nH]c([C@H](N)Cc2ccc(O)cc2)n1. The topological polar surface area (TPSA) is 87.8 Å². The van der Waals surface area contributed by atoms with Crippen molar-refractivity contribution in [3.8, 4) is 5.75 Å². The van der Waals surface area contributed by atoms with Crippen LogP contribution in [0.25, 0.3) is 0 Å². The largest absolute Gasteiger partial charge is 0.508 e. The molecule has 1 atom stereocenters. The number of nitrogens with two attached hydrogens (primary N) is 1. The number of nitrogens with zero attached hydrogens (tertiary/aromatic N) is 2. The van der Waals surface area contributed by atoms with E-state index in [0.29, 0.717) is 12.2 Å². The van der Waals surface area contributed by atoms with E-state index in [1.165, 1.54) is 0 Å². The fraction of sp³-hybridized carbons (Fsp3) is 0.385. The molecule has 0 unspecified atom stereocenters. The predicted molar refractivity (Wildman–Crippen MR) is 69.2 cm³/mol. The standard InChI is InChI=1S/C13H18N4O/c1-8(2)12-15-13(17-16-12)11(14)7-9-3-5-10(18)6-4-9/h3-6,8,11,18H,7,14H2,1-2H3,(H,15,16,17)/t11-/m1/s1. The minimum atomic E-state index is -0.213. The van der Waals surface area contributed by atoms with Crippen molar-refractivity contribution in [3.05, 3.63) is 41.5 Å². The number of H-pyrrole nitrogens is 1. The highest BCUT2D eigenvalue weighted by molar-refractivity contribution is 5.26. The molecule has 4 N–H and O–H groups in total. The van der Waals surface area contributed by atoms with E-state index in [0.717, 1.165) is 11.4 Å². The summed E-state index contributed by atoms with van der Waals surface area (Å²) in [6.07, 6.45) is 0.660. The maximum Gasteiger partial charge on any atom is 0.153 e. The van der Waals surface area contributed by atoms with Gasteiger partial charge in [-0.2, -0.15) is 5.10 Å². The molecule has 0 aliphatic carbocycles. The lowest BCUT2D eigenvalue weighted by molar-refractivity contribution is 0.475. The second-order valence-electron chi connectivity index (χ2n) is 4.71. The third kappa shape index (κ3) is 2.87. The van der Waals surface area contributed by atoms with Crippen LogP contribution in [0.2, 0.25) is 0 Å². The van der Waals surface area contributed by atoms with Crippen LogP contribution in [0.15, 0.2) is 24.3 Å². The van der Waals surface area contributed by atoms with Gasteiger partial charge in [0.1, 0.15) is 11.6 Å². The van der Waals surface area contributed by atoms with Gasteiger partial charge >= 0.3 is 0 Å². The Morgan fingerprint density at radius 1 is 1.28 bits per heavy atom. The average molecular weight is 246 g/mol. The van der Waals surface area contributed by atoms with Gasteiger partial charge in [-0.05, 0) is 24.1 Å². The van der Waals surface area contributed by atoms with E-state index in [1.54, 1.807) is 12.1 Å². The Labute approximate surface area is 106 Å². The van der Waals surface area contributed by atoms with Crippen molar-refractivity contribution in [2.75, 3.05) is 0 Å². The van der Waals surface area contributed by atoms with E-state index in [9.17, 15) is 5.11 Å². The van der Waals surface area contributed by atoms with Crippen molar-refractivity contribution in [1.82, 2.24) is 15.2 Å². The maximum absolute atomic E-state index is 9.21. The van der Waals surface area contributed by atoms with Crippen LogP contribution in [0.1, 0.15) is 43.0 Å². The smallest absolute Gasteiger partial charge is 0.153 e. The maximum atomic E-state index is 9.21. The molecule has 0 spiro atoms. The number of nitrogens with one attached hydrogen (secondary N) is 1.